The van der Waals surface area contributed by atoms with Crippen LogP contribution in [0.5, 0.6) is 0 Å². The van der Waals surface area contributed by atoms with Crippen molar-refractivity contribution >= 4 is 0 Å². The van der Waals surface area contributed by atoms with Gasteiger partial charge in [0, 0.05) is 19.6 Å². The lowest BCUT2D eigenvalue weighted by Crippen LogP contribution is -2.40. The Kier molecular flexibility index (Phi) is 2.69. The fraction of sp³-hybridized carbons (Fsp3) is 1.00. The van der Waals surface area contributed by atoms with Gasteiger partial charge in [-0.05, 0) is 32.6 Å². The van der Waals surface area contributed by atoms with Gasteiger partial charge in [0.15, 0.2) is 0 Å². The molecule has 1 saturated carbocycles. The van der Waals surface area contributed by atoms with Crippen LogP contribution < -0.4 is 5.43 Å². The van der Waals surface area contributed by atoms with E-state index in [9.17, 15) is 0 Å². The minimum Gasteiger partial charge on any atom is -0.255 e. The number of nitrogens with zero attached hydrogens (tertiary/aromatic N) is 1. The van der Waals surface area contributed by atoms with Gasteiger partial charge in [-0.25, -0.2) is 5.01 Å². The highest BCUT2D eigenvalue weighted by Crippen LogP contribution is 2.27. The molecule has 10 heavy (non-hydrogen) atoms. The lowest BCUT2D eigenvalue weighted by atomic mass is 10.4. The van der Waals surface area contributed by atoms with Crippen molar-refractivity contribution in [3.05, 3.63) is 0 Å². The summed E-state index contributed by atoms with van der Waals surface area (Å²) in [6.45, 7) is 5.56. The Morgan fingerprint density at radius 2 is 2.10 bits per heavy atom. The van der Waals surface area contributed by atoms with E-state index in [0.29, 0.717) is 6.04 Å². The van der Waals surface area contributed by atoms with Crippen LogP contribution in [0.25, 0.3) is 0 Å². The number of hydrogen-bond acceptors (Lipinski definition) is 2. The second-order valence-electron chi connectivity index (χ2n) is 3.51. The van der Waals surface area contributed by atoms with Gasteiger partial charge in [0.25, 0.3) is 0 Å². The first-order valence-corrected chi connectivity index (χ1v) is 4.16. The van der Waals surface area contributed by atoms with Crippen molar-refractivity contribution in [3.63, 3.8) is 0 Å². The Labute approximate surface area is 63.6 Å². The average Bonchev–Trinajstić information content (AvgIpc) is 2.64. The molecule has 60 valence electrons. The van der Waals surface area contributed by atoms with Crippen LogP contribution in [-0.2, 0) is 0 Å². The second-order valence-corrected chi connectivity index (χ2v) is 3.51. The molecule has 0 aliphatic heterocycles. The van der Waals surface area contributed by atoms with Crippen molar-refractivity contribution < 1.29 is 0 Å². The number of hydrazine groups is 1. The summed E-state index contributed by atoms with van der Waals surface area (Å²) in [4.78, 5) is 0. The summed E-state index contributed by atoms with van der Waals surface area (Å²) >= 11 is 0. The van der Waals surface area contributed by atoms with Gasteiger partial charge in [-0.15, -0.1) is 0 Å². The molecule has 0 aromatic rings. The van der Waals surface area contributed by atoms with Crippen LogP contribution in [0, 0.1) is 5.92 Å². The maximum absolute atomic E-state index is 3.38. The molecule has 0 aromatic heterocycles. The van der Waals surface area contributed by atoms with E-state index in [1.54, 1.807) is 0 Å². The molecular weight excluding hydrogens is 124 g/mol. The first-order valence-electron chi connectivity index (χ1n) is 4.16. The third kappa shape index (κ3) is 2.67. The SMILES string of the molecule is CC(C)N(C)NCC1CC1. The van der Waals surface area contributed by atoms with Gasteiger partial charge < -0.3 is 0 Å². The van der Waals surface area contributed by atoms with Crippen LogP contribution in [0.1, 0.15) is 26.7 Å². The summed E-state index contributed by atoms with van der Waals surface area (Å²) in [6.07, 6.45) is 2.86. The average molecular weight is 142 g/mol. The second kappa shape index (κ2) is 3.35. The molecule has 0 unspecified atom stereocenters. The zero-order valence-electron chi connectivity index (χ0n) is 7.22. The summed E-state index contributed by atoms with van der Waals surface area (Å²) in [5, 5.41) is 2.18. The minimum atomic E-state index is 0.610. The third-order valence-electron chi connectivity index (χ3n) is 2.10. The van der Waals surface area contributed by atoms with E-state index < -0.39 is 0 Å². The van der Waals surface area contributed by atoms with Crippen LogP contribution in [-0.4, -0.2) is 24.6 Å². The van der Waals surface area contributed by atoms with Gasteiger partial charge >= 0.3 is 0 Å². The standard InChI is InChI=1S/C8H18N2/c1-7(2)10(3)9-6-8-4-5-8/h7-9H,4-6H2,1-3H3. The predicted octanol–water partition coefficient (Wildman–Crippen LogP) is 1.24. The van der Waals surface area contributed by atoms with E-state index in [2.05, 4.69) is 31.3 Å². The van der Waals surface area contributed by atoms with Crippen LogP contribution in [0.15, 0.2) is 0 Å². The van der Waals surface area contributed by atoms with Crippen LogP contribution >= 0.6 is 0 Å². The van der Waals surface area contributed by atoms with Gasteiger partial charge in [-0.3, -0.25) is 5.43 Å². The van der Waals surface area contributed by atoms with Crippen molar-refractivity contribution in [2.24, 2.45) is 5.92 Å². The van der Waals surface area contributed by atoms with E-state index in [4.69, 9.17) is 0 Å². The molecular formula is C8H18N2. The van der Waals surface area contributed by atoms with E-state index in [0.717, 1.165) is 5.92 Å². The summed E-state index contributed by atoms with van der Waals surface area (Å²) < 4.78 is 0. The lowest BCUT2D eigenvalue weighted by molar-refractivity contribution is 0.183. The topological polar surface area (TPSA) is 15.3 Å². The summed E-state index contributed by atoms with van der Waals surface area (Å²) in [7, 11) is 2.10. The Morgan fingerprint density at radius 3 is 2.50 bits per heavy atom. The molecule has 0 bridgehead atoms. The molecule has 1 fully saturated rings. The number of nitrogens with one attached hydrogen (secondary N) is 1. The number of hydrogen-bond donors (Lipinski definition) is 1. The molecule has 1 aliphatic rings. The largest absolute Gasteiger partial charge is 0.255 e. The molecule has 1 rings (SSSR count). The highest BCUT2D eigenvalue weighted by atomic mass is 15.5. The van der Waals surface area contributed by atoms with E-state index in [1.165, 1.54) is 19.4 Å². The maximum atomic E-state index is 3.38. The van der Waals surface area contributed by atoms with E-state index >= 15 is 0 Å². The molecule has 0 heterocycles. The Balaban J connectivity index is 1.99. The first-order chi connectivity index (χ1) is 4.70. The van der Waals surface area contributed by atoms with Gasteiger partial charge in [0.2, 0.25) is 0 Å². The minimum absolute atomic E-state index is 0.610. The molecule has 0 aromatic carbocycles. The molecule has 0 spiro atoms. The Morgan fingerprint density at radius 1 is 1.50 bits per heavy atom. The van der Waals surface area contributed by atoms with Crippen LogP contribution in [0.4, 0.5) is 0 Å². The van der Waals surface area contributed by atoms with Gasteiger partial charge in [-0.2, -0.15) is 0 Å². The van der Waals surface area contributed by atoms with Crippen molar-refractivity contribution in [3.8, 4) is 0 Å². The van der Waals surface area contributed by atoms with E-state index in [1.807, 2.05) is 0 Å². The quantitative estimate of drug-likeness (QED) is 0.594. The van der Waals surface area contributed by atoms with Gasteiger partial charge in [0.05, 0.1) is 0 Å². The summed E-state index contributed by atoms with van der Waals surface area (Å²) in [5.74, 6) is 0.973. The monoisotopic (exact) mass is 142 g/mol. The molecule has 2 nitrogen and oxygen atoms in total. The van der Waals surface area contributed by atoms with E-state index in [-0.39, 0.29) is 0 Å². The van der Waals surface area contributed by atoms with Crippen molar-refractivity contribution in [1.29, 1.82) is 0 Å². The molecule has 2 heteroatoms. The smallest absolute Gasteiger partial charge is 0.0183 e. The highest BCUT2D eigenvalue weighted by Gasteiger charge is 2.21. The first kappa shape index (κ1) is 8.02. The zero-order chi connectivity index (χ0) is 7.56. The Hall–Kier alpha value is -0.0800. The molecule has 1 aliphatic carbocycles. The van der Waals surface area contributed by atoms with Crippen molar-refractivity contribution in [2.45, 2.75) is 32.7 Å². The third-order valence-corrected chi connectivity index (χ3v) is 2.10. The van der Waals surface area contributed by atoms with Crippen molar-refractivity contribution in [2.75, 3.05) is 13.6 Å². The molecule has 0 saturated heterocycles. The van der Waals surface area contributed by atoms with Crippen molar-refractivity contribution in [1.82, 2.24) is 10.4 Å². The Bertz CT molecular complexity index is 97.4. The molecule has 1 N–H and O–H groups in total. The lowest BCUT2D eigenvalue weighted by Gasteiger charge is -2.21. The maximum Gasteiger partial charge on any atom is 0.0183 e. The molecule has 0 radical (unpaired) electrons. The predicted molar refractivity (Wildman–Crippen MR) is 43.6 cm³/mol. The van der Waals surface area contributed by atoms with Crippen LogP contribution in [0.3, 0.4) is 0 Å². The van der Waals surface area contributed by atoms with Gasteiger partial charge in [-0.1, -0.05) is 0 Å². The summed E-state index contributed by atoms with van der Waals surface area (Å²) in [6, 6.07) is 0.610. The molecule has 0 atom stereocenters. The highest BCUT2D eigenvalue weighted by molar-refractivity contribution is 4.74. The molecule has 0 amide bonds. The fourth-order valence-electron chi connectivity index (χ4n) is 0.778. The van der Waals surface area contributed by atoms with Gasteiger partial charge in [0.1, 0.15) is 0 Å². The summed E-state index contributed by atoms with van der Waals surface area (Å²) in [5.41, 5.74) is 3.38. The number of rotatable bonds is 4. The zero-order valence-corrected chi connectivity index (χ0v) is 7.22. The van der Waals surface area contributed by atoms with Crippen LogP contribution in [0.2, 0.25) is 0 Å². The fourth-order valence-corrected chi connectivity index (χ4v) is 0.778. The normalized spacial score (nSPS) is 18.9.